The highest BCUT2D eigenvalue weighted by atomic mass is 16.5. The van der Waals surface area contributed by atoms with E-state index in [0.29, 0.717) is 25.3 Å². The number of methoxy groups -OCH3 is 3. The fourth-order valence-electron chi connectivity index (χ4n) is 2.20. The Morgan fingerprint density at radius 2 is 2.00 bits per heavy atom. The third-order valence-corrected chi connectivity index (χ3v) is 3.40. The molecule has 0 heterocycles. The first kappa shape index (κ1) is 17.4. The minimum atomic E-state index is 0.251. The van der Waals surface area contributed by atoms with E-state index in [4.69, 9.17) is 19.5 Å². The molecule has 1 unspecified atom stereocenters. The number of ether oxygens (including phenoxy) is 3. The maximum Gasteiger partial charge on any atom is 0.123 e. The maximum absolute atomic E-state index is 9.05. The van der Waals surface area contributed by atoms with Crippen LogP contribution in [0.1, 0.15) is 18.1 Å². The summed E-state index contributed by atoms with van der Waals surface area (Å²) < 4.78 is 15.8. The Labute approximate surface area is 127 Å². The summed E-state index contributed by atoms with van der Waals surface area (Å²) in [5, 5.41) is 9.05. The quantitative estimate of drug-likeness (QED) is 0.697. The van der Waals surface area contributed by atoms with Crippen LogP contribution in [0.15, 0.2) is 18.2 Å². The molecule has 1 aromatic carbocycles. The second kappa shape index (κ2) is 9.35. The molecule has 0 amide bonds. The van der Waals surface area contributed by atoms with Crippen LogP contribution in [-0.2, 0) is 16.0 Å². The van der Waals surface area contributed by atoms with E-state index < -0.39 is 0 Å². The Bertz CT molecular complexity index is 471. The summed E-state index contributed by atoms with van der Waals surface area (Å²) in [6.45, 7) is 4.88. The number of nitriles is 1. The van der Waals surface area contributed by atoms with Crippen LogP contribution in [0, 0.1) is 11.3 Å². The van der Waals surface area contributed by atoms with Crippen LogP contribution < -0.4 is 4.74 Å². The lowest BCUT2D eigenvalue weighted by atomic mass is 10.1. The van der Waals surface area contributed by atoms with Crippen molar-refractivity contribution >= 4 is 0 Å². The molecule has 0 bridgehead atoms. The van der Waals surface area contributed by atoms with E-state index in [1.165, 1.54) is 0 Å². The van der Waals surface area contributed by atoms with Crippen molar-refractivity contribution in [1.82, 2.24) is 4.90 Å². The second-order valence-corrected chi connectivity index (χ2v) is 4.91. The van der Waals surface area contributed by atoms with Crippen LogP contribution >= 0.6 is 0 Å². The van der Waals surface area contributed by atoms with E-state index in [-0.39, 0.29) is 6.04 Å². The molecule has 0 saturated carbocycles. The predicted octanol–water partition coefficient (Wildman–Crippen LogP) is 2.05. The van der Waals surface area contributed by atoms with E-state index >= 15 is 0 Å². The van der Waals surface area contributed by atoms with Crippen LogP contribution in [-0.4, -0.2) is 52.0 Å². The molecule has 1 rings (SSSR count). The molecule has 0 aliphatic rings. The highest BCUT2D eigenvalue weighted by Gasteiger charge is 2.16. The topological polar surface area (TPSA) is 54.7 Å². The maximum atomic E-state index is 9.05. The number of hydrogen-bond acceptors (Lipinski definition) is 5. The molecule has 5 nitrogen and oxygen atoms in total. The van der Waals surface area contributed by atoms with Gasteiger partial charge in [-0.25, -0.2) is 0 Å². The molecular formula is C16H24N2O3. The molecule has 0 spiro atoms. The zero-order chi connectivity index (χ0) is 15.7. The summed E-state index contributed by atoms with van der Waals surface area (Å²) in [4.78, 5) is 2.26. The molecule has 0 saturated heterocycles. The van der Waals surface area contributed by atoms with Gasteiger partial charge in [-0.3, -0.25) is 4.90 Å². The molecule has 0 N–H and O–H groups in total. The largest absolute Gasteiger partial charge is 0.496 e. The number of hydrogen-bond donors (Lipinski definition) is 0. The first-order valence-electron chi connectivity index (χ1n) is 6.95. The van der Waals surface area contributed by atoms with Crippen molar-refractivity contribution in [3.63, 3.8) is 0 Å². The number of rotatable bonds is 9. The molecule has 0 aromatic heterocycles. The van der Waals surface area contributed by atoms with E-state index in [9.17, 15) is 0 Å². The molecule has 0 aliphatic carbocycles. The Morgan fingerprint density at radius 3 is 2.57 bits per heavy atom. The monoisotopic (exact) mass is 292 g/mol. The Hall–Kier alpha value is -1.61. The molecule has 5 heteroatoms. The van der Waals surface area contributed by atoms with Gasteiger partial charge in [0, 0.05) is 38.9 Å². The predicted molar refractivity (Wildman–Crippen MR) is 81.3 cm³/mol. The summed E-state index contributed by atoms with van der Waals surface area (Å²) in [5.74, 6) is 0.793. The lowest BCUT2D eigenvalue weighted by molar-refractivity contribution is 0.0700. The van der Waals surface area contributed by atoms with Gasteiger partial charge in [0.15, 0.2) is 0 Å². The highest BCUT2D eigenvalue weighted by molar-refractivity contribution is 5.42. The van der Waals surface area contributed by atoms with Gasteiger partial charge in [-0.05, 0) is 25.1 Å². The smallest absolute Gasteiger partial charge is 0.123 e. The van der Waals surface area contributed by atoms with E-state index in [1.54, 1.807) is 27.4 Å². The number of nitrogens with zero attached hydrogens (tertiary/aromatic N) is 2. The van der Waals surface area contributed by atoms with Gasteiger partial charge < -0.3 is 14.2 Å². The molecule has 116 valence electrons. The SMILES string of the molecule is COCCN(Cc1cc(C#N)ccc1OC)C(C)COC. The summed E-state index contributed by atoms with van der Waals surface area (Å²) >= 11 is 0. The van der Waals surface area contributed by atoms with Crippen LogP contribution in [0.25, 0.3) is 0 Å². The minimum Gasteiger partial charge on any atom is -0.496 e. The van der Waals surface area contributed by atoms with Gasteiger partial charge in [0.05, 0.1) is 32.0 Å². The van der Waals surface area contributed by atoms with Crippen LogP contribution in [0.5, 0.6) is 5.75 Å². The third-order valence-electron chi connectivity index (χ3n) is 3.40. The molecule has 1 aromatic rings. The Morgan fingerprint density at radius 1 is 1.24 bits per heavy atom. The van der Waals surface area contributed by atoms with Crippen molar-refractivity contribution in [3.05, 3.63) is 29.3 Å². The Kier molecular flexibility index (Phi) is 7.76. The molecule has 21 heavy (non-hydrogen) atoms. The zero-order valence-corrected chi connectivity index (χ0v) is 13.3. The van der Waals surface area contributed by atoms with Crippen LogP contribution in [0.3, 0.4) is 0 Å². The lowest BCUT2D eigenvalue weighted by Crippen LogP contribution is -2.38. The van der Waals surface area contributed by atoms with Gasteiger partial charge in [-0.2, -0.15) is 5.26 Å². The van der Waals surface area contributed by atoms with Gasteiger partial charge in [0.2, 0.25) is 0 Å². The van der Waals surface area contributed by atoms with Gasteiger partial charge in [-0.15, -0.1) is 0 Å². The van der Waals surface area contributed by atoms with E-state index in [1.807, 2.05) is 12.1 Å². The summed E-state index contributed by atoms with van der Waals surface area (Å²) in [6.07, 6.45) is 0. The lowest BCUT2D eigenvalue weighted by Gasteiger charge is -2.29. The van der Waals surface area contributed by atoms with Crippen molar-refractivity contribution in [1.29, 1.82) is 5.26 Å². The van der Waals surface area contributed by atoms with Crippen molar-refractivity contribution in [2.45, 2.75) is 19.5 Å². The second-order valence-electron chi connectivity index (χ2n) is 4.91. The Balaban J connectivity index is 2.93. The first-order chi connectivity index (χ1) is 10.2. The standard InChI is InChI=1S/C16H24N2O3/c1-13(12-20-3)18(7-8-19-2)11-15-9-14(10-17)5-6-16(15)21-4/h5-6,9,13H,7-8,11-12H2,1-4H3. The van der Waals surface area contributed by atoms with E-state index in [0.717, 1.165) is 17.9 Å². The minimum absolute atomic E-state index is 0.251. The van der Waals surface area contributed by atoms with Gasteiger partial charge in [0.25, 0.3) is 0 Å². The van der Waals surface area contributed by atoms with Gasteiger partial charge in [0.1, 0.15) is 5.75 Å². The van der Waals surface area contributed by atoms with E-state index in [2.05, 4.69) is 17.9 Å². The zero-order valence-electron chi connectivity index (χ0n) is 13.3. The molecule has 1 atom stereocenters. The fraction of sp³-hybridized carbons (Fsp3) is 0.562. The fourth-order valence-corrected chi connectivity index (χ4v) is 2.20. The third kappa shape index (κ3) is 5.35. The first-order valence-corrected chi connectivity index (χ1v) is 6.95. The average Bonchev–Trinajstić information content (AvgIpc) is 2.51. The summed E-state index contributed by atoms with van der Waals surface area (Å²) in [5.41, 5.74) is 1.63. The van der Waals surface area contributed by atoms with Crippen molar-refractivity contribution in [3.8, 4) is 11.8 Å². The average molecular weight is 292 g/mol. The normalized spacial score (nSPS) is 12.2. The molecular weight excluding hydrogens is 268 g/mol. The molecule has 0 radical (unpaired) electrons. The molecule has 0 fully saturated rings. The van der Waals surface area contributed by atoms with Crippen LogP contribution in [0.2, 0.25) is 0 Å². The molecule has 0 aliphatic heterocycles. The highest BCUT2D eigenvalue weighted by Crippen LogP contribution is 2.22. The van der Waals surface area contributed by atoms with Crippen molar-refractivity contribution in [2.24, 2.45) is 0 Å². The summed E-state index contributed by atoms with van der Waals surface area (Å²) in [7, 11) is 5.03. The van der Waals surface area contributed by atoms with Crippen molar-refractivity contribution < 1.29 is 14.2 Å². The number of benzene rings is 1. The van der Waals surface area contributed by atoms with Gasteiger partial charge >= 0.3 is 0 Å². The van der Waals surface area contributed by atoms with Crippen molar-refractivity contribution in [2.75, 3.05) is 41.1 Å². The van der Waals surface area contributed by atoms with Gasteiger partial charge in [-0.1, -0.05) is 0 Å². The summed E-state index contributed by atoms with van der Waals surface area (Å²) in [6, 6.07) is 7.89. The van der Waals surface area contributed by atoms with Crippen LogP contribution in [0.4, 0.5) is 0 Å².